The summed E-state index contributed by atoms with van der Waals surface area (Å²) in [6.07, 6.45) is 0. The smallest absolute Gasteiger partial charge is 0.358 e. The van der Waals surface area contributed by atoms with E-state index < -0.39 is 17.3 Å². The van der Waals surface area contributed by atoms with E-state index in [0.717, 1.165) is 5.56 Å². The van der Waals surface area contributed by atoms with Crippen LogP contribution < -0.4 is 10.2 Å². The number of benzene rings is 1. The van der Waals surface area contributed by atoms with Gasteiger partial charge in [0, 0.05) is 17.8 Å². The maximum absolute atomic E-state index is 12.9. The molecule has 1 aromatic carbocycles. The molecule has 0 atom stereocenters. The van der Waals surface area contributed by atoms with E-state index in [4.69, 9.17) is 16.3 Å². The molecule has 28 heavy (non-hydrogen) atoms. The number of carbonyl (C=O) groups is 3. The van der Waals surface area contributed by atoms with Crippen LogP contribution in [0.25, 0.3) is 0 Å². The normalized spacial score (nSPS) is 14.8. The van der Waals surface area contributed by atoms with Gasteiger partial charge in [0.2, 0.25) is 11.8 Å². The zero-order valence-electron chi connectivity index (χ0n) is 16.3. The van der Waals surface area contributed by atoms with Gasteiger partial charge in [-0.05, 0) is 44.5 Å². The lowest BCUT2D eigenvalue weighted by molar-refractivity contribution is -0.124. The number of fused-ring (bicyclic) bond motifs is 1. The van der Waals surface area contributed by atoms with Gasteiger partial charge in [-0.1, -0.05) is 11.6 Å². The first-order chi connectivity index (χ1) is 13.1. The van der Waals surface area contributed by atoms with Crippen LogP contribution in [0.3, 0.4) is 0 Å². The summed E-state index contributed by atoms with van der Waals surface area (Å²) in [6, 6.07) is 5.15. The van der Waals surface area contributed by atoms with E-state index in [1.54, 1.807) is 46.0 Å². The maximum Gasteiger partial charge on any atom is 0.358 e. The first-order valence-corrected chi connectivity index (χ1v) is 8.99. The van der Waals surface area contributed by atoms with Gasteiger partial charge >= 0.3 is 5.97 Å². The standard InChI is InChI=1S/C19H21ClN4O4/c1-10-15(16(17(26)28-5)23(4)22-10)21-14(25)9-24-13-7-6-11(20)8-12(13)19(2,3)18(24)27/h6-8H,9H2,1-5H3,(H,21,25). The van der Waals surface area contributed by atoms with Gasteiger partial charge in [-0.2, -0.15) is 5.10 Å². The minimum atomic E-state index is -0.790. The minimum absolute atomic E-state index is 0.133. The van der Waals surface area contributed by atoms with Crippen LogP contribution in [0.4, 0.5) is 11.4 Å². The molecule has 0 radical (unpaired) electrons. The van der Waals surface area contributed by atoms with Crippen LogP contribution in [0.15, 0.2) is 18.2 Å². The second-order valence-electron chi connectivity index (χ2n) is 7.15. The molecule has 0 saturated heterocycles. The summed E-state index contributed by atoms with van der Waals surface area (Å²) < 4.78 is 6.11. The molecule has 2 heterocycles. The zero-order valence-corrected chi connectivity index (χ0v) is 17.0. The van der Waals surface area contributed by atoms with Crippen molar-refractivity contribution in [2.75, 3.05) is 23.9 Å². The summed E-state index contributed by atoms with van der Waals surface area (Å²) in [5.41, 5.74) is 1.49. The molecule has 8 nitrogen and oxygen atoms in total. The van der Waals surface area contributed by atoms with Crippen LogP contribution in [-0.4, -0.2) is 41.2 Å². The van der Waals surface area contributed by atoms with Gasteiger partial charge in [-0.3, -0.25) is 14.3 Å². The van der Waals surface area contributed by atoms with Crippen molar-refractivity contribution in [1.29, 1.82) is 0 Å². The molecule has 9 heteroatoms. The molecular formula is C19H21ClN4O4. The fourth-order valence-electron chi connectivity index (χ4n) is 3.42. The summed E-state index contributed by atoms with van der Waals surface area (Å²) in [5, 5.41) is 7.37. The maximum atomic E-state index is 12.9. The molecule has 2 aromatic rings. The van der Waals surface area contributed by atoms with Gasteiger partial charge in [0.25, 0.3) is 0 Å². The molecule has 1 aromatic heterocycles. The van der Waals surface area contributed by atoms with Gasteiger partial charge in [0.15, 0.2) is 5.69 Å². The Labute approximate surface area is 167 Å². The van der Waals surface area contributed by atoms with Gasteiger partial charge in [-0.25, -0.2) is 4.79 Å². The van der Waals surface area contributed by atoms with Crippen LogP contribution in [0.1, 0.15) is 35.6 Å². The van der Waals surface area contributed by atoms with Crippen LogP contribution in [0, 0.1) is 6.92 Å². The van der Waals surface area contributed by atoms with Crippen molar-refractivity contribution in [2.45, 2.75) is 26.2 Å². The zero-order chi connectivity index (χ0) is 20.8. The van der Waals surface area contributed by atoms with Gasteiger partial charge in [0.1, 0.15) is 6.54 Å². The molecule has 1 N–H and O–H groups in total. The Balaban J connectivity index is 1.88. The number of carbonyl (C=O) groups excluding carboxylic acids is 3. The summed E-state index contributed by atoms with van der Waals surface area (Å²) in [7, 11) is 2.84. The summed E-state index contributed by atoms with van der Waals surface area (Å²) >= 11 is 6.08. The highest BCUT2D eigenvalue weighted by atomic mass is 35.5. The third kappa shape index (κ3) is 3.13. The fourth-order valence-corrected chi connectivity index (χ4v) is 3.60. The van der Waals surface area contributed by atoms with Crippen LogP contribution in [-0.2, 0) is 26.8 Å². The quantitative estimate of drug-likeness (QED) is 0.790. The Bertz CT molecular complexity index is 996. The average molecular weight is 405 g/mol. The van der Waals surface area contributed by atoms with Gasteiger partial charge in [-0.15, -0.1) is 0 Å². The molecular weight excluding hydrogens is 384 g/mol. The van der Waals surface area contributed by atoms with Crippen molar-refractivity contribution in [3.05, 3.63) is 40.2 Å². The Morgan fingerprint density at radius 3 is 2.64 bits per heavy atom. The molecule has 0 unspecified atom stereocenters. The van der Waals surface area contributed by atoms with E-state index in [1.807, 2.05) is 0 Å². The number of nitrogens with one attached hydrogen (secondary N) is 1. The van der Waals surface area contributed by atoms with E-state index in [-0.39, 0.29) is 23.8 Å². The second-order valence-corrected chi connectivity index (χ2v) is 7.59. The SMILES string of the molecule is COC(=O)c1c(NC(=O)CN2C(=O)C(C)(C)c3cc(Cl)ccc32)c(C)nn1C. The molecule has 1 aliphatic heterocycles. The van der Waals surface area contributed by atoms with E-state index in [1.165, 1.54) is 16.7 Å². The second kappa shape index (κ2) is 6.94. The lowest BCUT2D eigenvalue weighted by Crippen LogP contribution is -2.41. The number of aromatic nitrogens is 2. The number of amides is 2. The summed E-state index contributed by atoms with van der Waals surface area (Å²) in [6.45, 7) is 5.06. The number of nitrogens with zero attached hydrogens (tertiary/aromatic N) is 3. The first-order valence-electron chi connectivity index (χ1n) is 8.61. The minimum Gasteiger partial charge on any atom is -0.464 e. The van der Waals surface area contributed by atoms with E-state index in [9.17, 15) is 14.4 Å². The summed E-state index contributed by atoms with van der Waals surface area (Å²) in [4.78, 5) is 39.0. The van der Waals surface area contributed by atoms with Crippen molar-refractivity contribution in [1.82, 2.24) is 9.78 Å². The highest BCUT2D eigenvalue weighted by Gasteiger charge is 2.44. The third-order valence-electron chi connectivity index (χ3n) is 4.87. The lowest BCUT2D eigenvalue weighted by atomic mass is 9.86. The number of esters is 1. The van der Waals surface area contributed by atoms with Crippen LogP contribution in [0.5, 0.6) is 0 Å². The number of halogens is 1. The van der Waals surface area contributed by atoms with Crippen LogP contribution in [0.2, 0.25) is 5.02 Å². The molecule has 0 aliphatic carbocycles. The predicted molar refractivity (Wildman–Crippen MR) is 105 cm³/mol. The fraction of sp³-hybridized carbons (Fsp3) is 0.368. The number of anilines is 2. The topological polar surface area (TPSA) is 93.5 Å². The summed E-state index contributed by atoms with van der Waals surface area (Å²) in [5.74, 6) is -1.26. The van der Waals surface area contributed by atoms with Crippen molar-refractivity contribution in [3.63, 3.8) is 0 Å². The molecule has 0 bridgehead atoms. The highest BCUT2D eigenvalue weighted by Crippen LogP contribution is 2.42. The number of methoxy groups -OCH3 is 1. The van der Waals surface area contributed by atoms with Crippen molar-refractivity contribution >= 4 is 40.8 Å². The molecule has 2 amide bonds. The Hall–Kier alpha value is -2.87. The molecule has 0 fully saturated rings. The van der Waals surface area contributed by atoms with Crippen LogP contribution >= 0.6 is 11.6 Å². The Kier molecular flexibility index (Phi) is 4.93. The van der Waals surface area contributed by atoms with Crippen molar-refractivity contribution in [2.24, 2.45) is 7.05 Å². The third-order valence-corrected chi connectivity index (χ3v) is 5.10. The van der Waals surface area contributed by atoms with E-state index >= 15 is 0 Å². The Morgan fingerprint density at radius 2 is 2.00 bits per heavy atom. The molecule has 148 valence electrons. The largest absolute Gasteiger partial charge is 0.464 e. The predicted octanol–water partition coefficient (Wildman–Crippen LogP) is 2.43. The van der Waals surface area contributed by atoms with E-state index in [0.29, 0.717) is 16.4 Å². The van der Waals surface area contributed by atoms with Crippen molar-refractivity contribution < 1.29 is 19.1 Å². The van der Waals surface area contributed by atoms with Gasteiger partial charge in [0.05, 0.1) is 23.9 Å². The van der Waals surface area contributed by atoms with Gasteiger partial charge < -0.3 is 15.0 Å². The molecule has 3 rings (SSSR count). The molecule has 1 aliphatic rings. The first kappa shape index (κ1) is 19.9. The number of rotatable bonds is 4. The highest BCUT2D eigenvalue weighted by molar-refractivity contribution is 6.31. The number of ether oxygens (including phenoxy) is 1. The number of hydrogen-bond donors (Lipinski definition) is 1. The number of hydrogen-bond acceptors (Lipinski definition) is 5. The number of aryl methyl sites for hydroxylation is 2. The average Bonchev–Trinajstić information content (AvgIpc) is 3.00. The monoisotopic (exact) mass is 404 g/mol. The molecule has 0 saturated carbocycles. The lowest BCUT2D eigenvalue weighted by Gasteiger charge is -2.20. The molecule has 0 spiro atoms. The van der Waals surface area contributed by atoms with E-state index in [2.05, 4.69) is 10.4 Å². The van der Waals surface area contributed by atoms with Crippen molar-refractivity contribution in [3.8, 4) is 0 Å². The Morgan fingerprint density at radius 1 is 1.32 bits per heavy atom.